The van der Waals surface area contributed by atoms with E-state index >= 15 is 0 Å². The van der Waals surface area contributed by atoms with Crippen LogP contribution in [0.5, 0.6) is 0 Å². The molecule has 0 aliphatic heterocycles. The largest absolute Gasteiger partial charge is 0.250 e. The second kappa shape index (κ2) is 4.65. The number of rotatable bonds is 2. The minimum atomic E-state index is 0.611. The molecule has 0 amide bonds. The van der Waals surface area contributed by atoms with Crippen molar-refractivity contribution < 1.29 is 0 Å². The Morgan fingerprint density at radius 3 is 2.26 bits per heavy atom. The van der Waals surface area contributed by atoms with E-state index in [9.17, 15) is 0 Å². The summed E-state index contributed by atoms with van der Waals surface area (Å²) in [6.07, 6.45) is 3.78. The van der Waals surface area contributed by atoms with Crippen LogP contribution in [0.2, 0.25) is 0 Å². The molecule has 4 heteroatoms. The van der Waals surface area contributed by atoms with Gasteiger partial charge in [-0.1, -0.05) is 30.3 Å². The first-order chi connectivity index (χ1) is 9.22. The molecule has 19 heavy (non-hydrogen) atoms. The Kier molecular flexibility index (Phi) is 2.83. The predicted molar refractivity (Wildman–Crippen MR) is 74.1 cm³/mol. The molecule has 2 aromatic heterocycles. The van der Waals surface area contributed by atoms with Crippen molar-refractivity contribution in [3.63, 3.8) is 0 Å². The van der Waals surface area contributed by atoms with Gasteiger partial charge in [0.1, 0.15) is 0 Å². The molecule has 1 aromatic carbocycles. The van der Waals surface area contributed by atoms with Crippen LogP contribution >= 0.6 is 0 Å². The van der Waals surface area contributed by atoms with Gasteiger partial charge in [-0.05, 0) is 25.5 Å². The fraction of sp³-hybridized carbons (Fsp3) is 0.133. The monoisotopic (exact) mass is 250 g/mol. The molecule has 3 rings (SSSR count). The molecule has 2 heterocycles. The van der Waals surface area contributed by atoms with Crippen LogP contribution in [0.25, 0.3) is 17.1 Å². The smallest absolute Gasteiger partial charge is 0.216 e. The average Bonchev–Trinajstić information content (AvgIpc) is 2.88. The topological polar surface area (TPSA) is 43.6 Å². The standard InChI is InChI=1S/C15H14N4/c1-11-8-12(2)18-15(17-11)19-10-14(9-16-19)13-6-4-3-5-7-13/h3-10H,1-2H3. The Morgan fingerprint density at radius 1 is 0.895 bits per heavy atom. The summed E-state index contributed by atoms with van der Waals surface area (Å²) in [5.74, 6) is 0.611. The number of hydrogen-bond donors (Lipinski definition) is 0. The van der Waals surface area contributed by atoms with Gasteiger partial charge in [0.15, 0.2) is 0 Å². The van der Waals surface area contributed by atoms with E-state index in [4.69, 9.17) is 0 Å². The number of aromatic nitrogens is 4. The van der Waals surface area contributed by atoms with Crippen molar-refractivity contribution >= 4 is 0 Å². The van der Waals surface area contributed by atoms with Crippen LogP contribution in [0.1, 0.15) is 11.4 Å². The second-order valence-corrected chi connectivity index (χ2v) is 4.49. The summed E-state index contributed by atoms with van der Waals surface area (Å²) in [4.78, 5) is 8.80. The van der Waals surface area contributed by atoms with E-state index in [2.05, 4.69) is 27.2 Å². The molecular formula is C15H14N4. The molecule has 0 saturated carbocycles. The SMILES string of the molecule is Cc1cc(C)nc(-n2cc(-c3ccccc3)cn2)n1. The maximum atomic E-state index is 4.40. The first-order valence-corrected chi connectivity index (χ1v) is 6.15. The van der Waals surface area contributed by atoms with Gasteiger partial charge in [0.25, 0.3) is 5.95 Å². The minimum Gasteiger partial charge on any atom is -0.216 e. The first-order valence-electron chi connectivity index (χ1n) is 6.15. The zero-order chi connectivity index (χ0) is 13.2. The van der Waals surface area contributed by atoms with Crippen LogP contribution < -0.4 is 0 Å². The maximum absolute atomic E-state index is 4.40. The van der Waals surface area contributed by atoms with E-state index < -0.39 is 0 Å². The van der Waals surface area contributed by atoms with Crippen molar-refractivity contribution in [2.45, 2.75) is 13.8 Å². The first kappa shape index (κ1) is 11.6. The third-order valence-electron chi connectivity index (χ3n) is 2.87. The molecule has 0 spiro atoms. The van der Waals surface area contributed by atoms with Gasteiger partial charge < -0.3 is 0 Å². The van der Waals surface area contributed by atoms with Crippen molar-refractivity contribution in [2.24, 2.45) is 0 Å². The van der Waals surface area contributed by atoms with Crippen molar-refractivity contribution in [1.29, 1.82) is 0 Å². The van der Waals surface area contributed by atoms with Crippen molar-refractivity contribution in [3.8, 4) is 17.1 Å². The van der Waals surface area contributed by atoms with E-state index in [1.54, 1.807) is 4.68 Å². The lowest BCUT2D eigenvalue weighted by atomic mass is 10.1. The summed E-state index contributed by atoms with van der Waals surface area (Å²) >= 11 is 0. The van der Waals surface area contributed by atoms with E-state index in [0.29, 0.717) is 5.95 Å². The number of nitrogens with zero attached hydrogens (tertiary/aromatic N) is 4. The molecular weight excluding hydrogens is 236 g/mol. The summed E-state index contributed by atoms with van der Waals surface area (Å²) in [6.45, 7) is 3.92. The molecule has 0 saturated heterocycles. The van der Waals surface area contributed by atoms with Gasteiger partial charge in [-0.25, -0.2) is 14.6 Å². The van der Waals surface area contributed by atoms with Crippen LogP contribution in [-0.4, -0.2) is 19.7 Å². The highest BCUT2D eigenvalue weighted by Gasteiger charge is 2.06. The van der Waals surface area contributed by atoms with Gasteiger partial charge in [-0.2, -0.15) is 5.10 Å². The molecule has 0 unspecified atom stereocenters. The molecule has 0 bridgehead atoms. The van der Waals surface area contributed by atoms with Gasteiger partial charge in [0, 0.05) is 23.1 Å². The summed E-state index contributed by atoms with van der Waals surface area (Å²) in [5.41, 5.74) is 4.08. The van der Waals surface area contributed by atoms with E-state index in [-0.39, 0.29) is 0 Å². The average molecular weight is 250 g/mol. The van der Waals surface area contributed by atoms with E-state index in [1.165, 1.54) is 0 Å². The quantitative estimate of drug-likeness (QED) is 0.702. The zero-order valence-electron chi connectivity index (χ0n) is 10.9. The van der Waals surface area contributed by atoms with Crippen molar-refractivity contribution in [2.75, 3.05) is 0 Å². The molecule has 0 aliphatic rings. The predicted octanol–water partition coefficient (Wildman–Crippen LogP) is 2.95. The molecule has 0 N–H and O–H groups in total. The number of aryl methyl sites for hydroxylation is 2. The lowest BCUT2D eigenvalue weighted by Gasteiger charge is -2.02. The van der Waals surface area contributed by atoms with Crippen molar-refractivity contribution in [1.82, 2.24) is 19.7 Å². The Morgan fingerprint density at radius 2 is 1.58 bits per heavy atom. The maximum Gasteiger partial charge on any atom is 0.250 e. The van der Waals surface area contributed by atoms with Crippen LogP contribution in [0.4, 0.5) is 0 Å². The molecule has 0 fully saturated rings. The zero-order valence-corrected chi connectivity index (χ0v) is 10.9. The van der Waals surface area contributed by atoms with Gasteiger partial charge in [0.05, 0.1) is 6.20 Å². The third kappa shape index (κ3) is 2.38. The normalized spacial score (nSPS) is 10.6. The summed E-state index contributed by atoms with van der Waals surface area (Å²) in [6, 6.07) is 12.1. The van der Waals surface area contributed by atoms with Crippen LogP contribution in [0, 0.1) is 13.8 Å². The number of benzene rings is 1. The van der Waals surface area contributed by atoms with Crippen LogP contribution in [0.3, 0.4) is 0 Å². The summed E-state index contributed by atoms with van der Waals surface area (Å²) in [5, 5.41) is 4.34. The summed E-state index contributed by atoms with van der Waals surface area (Å²) < 4.78 is 1.71. The minimum absolute atomic E-state index is 0.611. The Labute approximate surface area is 111 Å². The fourth-order valence-corrected chi connectivity index (χ4v) is 2.02. The molecule has 3 aromatic rings. The molecule has 0 radical (unpaired) electrons. The highest BCUT2D eigenvalue weighted by molar-refractivity contribution is 5.61. The third-order valence-corrected chi connectivity index (χ3v) is 2.87. The Hall–Kier alpha value is -2.49. The number of hydrogen-bond acceptors (Lipinski definition) is 3. The molecule has 4 nitrogen and oxygen atoms in total. The molecule has 0 aliphatic carbocycles. The highest BCUT2D eigenvalue weighted by Crippen LogP contribution is 2.18. The van der Waals surface area contributed by atoms with Crippen molar-refractivity contribution in [3.05, 3.63) is 60.2 Å². The second-order valence-electron chi connectivity index (χ2n) is 4.49. The highest BCUT2D eigenvalue weighted by atomic mass is 15.3. The van der Waals surface area contributed by atoms with Crippen LogP contribution in [0.15, 0.2) is 48.8 Å². The Bertz CT molecular complexity index is 681. The lowest BCUT2D eigenvalue weighted by molar-refractivity contribution is 0.794. The Balaban J connectivity index is 2.02. The molecule has 0 atom stereocenters. The van der Waals surface area contributed by atoms with Gasteiger partial charge >= 0.3 is 0 Å². The van der Waals surface area contributed by atoms with E-state index in [1.807, 2.05) is 50.5 Å². The van der Waals surface area contributed by atoms with E-state index in [0.717, 1.165) is 22.5 Å². The van der Waals surface area contributed by atoms with Crippen LogP contribution in [-0.2, 0) is 0 Å². The van der Waals surface area contributed by atoms with Gasteiger partial charge in [-0.3, -0.25) is 0 Å². The van der Waals surface area contributed by atoms with Gasteiger partial charge in [0.2, 0.25) is 0 Å². The summed E-state index contributed by atoms with van der Waals surface area (Å²) in [7, 11) is 0. The lowest BCUT2D eigenvalue weighted by Crippen LogP contribution is -2.03. The molecule has 94 valence electrons. The fourth-order valence-electron chi connectivity index (χ4n) is 2.02. The van der Waals surface area contributed by atoms with Gasteiger partial charge in [-0.15, -0.1) is 0 Å².